The maximum Gasteiger partial charge on any atom is 0.261 e. The third-order valence-corrected chi connectivity index (χ3v) is 4.97. The molecule has 3 amide bonds. The van der Waals surface area contributed by atoms with Crippen LogP contribution in [-0.2, 0) is 9.59 Å². The van der Waals surface area contributed by atoms with E-state index in [-0.39, 0.29) is 24.3 Å². The first kappa shape index (κ1) is 19.7. The fourth-order valence-corrected chi connectivity index (χ4v) is 3.06. The van der Waals surface area contributed by atoms with Crippen molar-refractivity contribution >= 4 is 34.7 Å². The van der Waals surface area contributed by atoms with Crippen molar-refractivity contribution in [2.75, 3.05) is 18.9 Å². The molecule has 138 valence electrons. The van der Waals surface area contributed by atoms with Gasteiger partial charge in [0.1, 0.15) is 6.04 Å². The highest BCUT2D eigenvalue weighted by atomic mass is 32.1. The standard InChI is InChI=1S/C19H23N3O3S/c1-12-7-5-8-15(13(12)2)21-17(23)11-22(4)19(25)14(3)20-18(24)16-9-6-10-26-16/h5-10,14H,11H2,1-4H3,(H,20,24)(H,21,23). The summed E-state index contributed by atoms with van der Waals surface area (Å²) < 4.78 is 0. The van der Waals surface area contributed by atoms with E-state index < -0.39 is 6.04 Å². The third-order valence-electron chi connectivity index (χ3n) is 4.10. The quantitative estimate of drug-likeness (QED) is 0.817. The Balaban J connectivity index is 1.90. The number of thiophene rings is 1. The zero-order valence-electron chi connectivity index (χ0n) is 15.3. The van der Waals surface area contributed by atoms with E-state index >= 15 is 0 Å². The van der Waals surface area contributed by atoms with Crippen LogP contribution in [0, 0.1) is 13.8 Å². The second kappa shape index (κ2) is 8.62. The van der Waals surface area contributed by atoms with Gasteiger partial charge in [0, 0.05) is 12.7 Å². The Bertz CT molecular complexity index is 802. The average molecular weight is 373 g/mol. The van der Waals surface area contributed by atoms with Gasteiger partial charge in [-0.1, -0.05) is 18.2 Å². The Morgan fingerprint density at radius 3 is 2.54 bits per heavy atom. The molecule has 2 aromatic rings. The number of hydrogen-bond acceptors (Lipinski definition) is 4. The van der Waals surface area contributed by atoms with Gasteiger partial charge in [-0.05, 0) is 49.4 Å². The van der Waals surface area contributed by atoms with Crippen molar-refractivity contribution in [3.05, 3.63) is 51.7 Å². The Kier molecular flexibility index (Phi) is 6.52. The molecule has 1 heterocycles. The smallest absolute Gasteiger partial charge is 0.261 e. The van der Waals surface area contributed by atoms with E-state index in [0.29, 0.717) is 4.88 Å². The molecule has 7 heteroatoms. The number of carbonyl (C=O) groups is 3. The average Bonchev–Trinajstić information content (AvgIpc) is 3.12. The summed E-state index contributed by atoms with van der Waals surface area (Å²) in [6, 6.07) is 8.41. The Hall–Kier alpha value is -2.67. The number of hydrogen-bond donors (Lipinski definition) is 2. The number of carbonyl (C=O) groups excluding carboxylic acids is 3. The number of aryl methyl sites for hydroxylation is 1. The topological polar surface area (TPSA) is 78.5 Å². The van der Waals surface area contributed by atoms with E-state index in [4.69, 9.17) is 0 Å². The fraction of sp³-hybridized carbons (Fsp3) is 0.316. The molecule has 0 fully saturated rings. The van der Waals surface area contributed by atoms with Gasteiger partial charge in [0.05, 0.1) is 11.4 Å². The molecule has 0 saturated carbocycles. The predicted molar refractivity (Wildman–Crippen MR) is 103 cm³/mol. The van der Waals surface area contributed by atoms with Crippen molar-refractivity contribution in [3.8, 4) is 0 Å². The van der Waals surface area contributed by atoms with E-state index in [2.05, 4.69) is 10.6 Å². The summed E-state index contributed by atoms with van der Waals surface area (Å²) in [5.74, 6) is -0.911. The van der Waals surface area contributed by atoms with Crippen molar-refractivity contribution in [2.24, 2.45) is 0 Å². The van der Waals surface area contributed by atoms with Gasteiger partial charge in [-0.25, -0.2) is 0 Å². The zero-order valence-corrected chi connectivity index (χ0v) is 16.1. The maximum atomic E-state index is 12.4. The van der Waals surface area contributed by atoms with Gasteiger partial charge in [0.2, 0.25) is 11.8 Å². The molecule has 0 bridgehead atoms. The number of benzene rings is 1. The second-order valence-electron chi connectivity index (χ2n) is 6.16. The third kappa shape index (κ3) is 4.92. The maximum absolute atomic E-state index is 12.4. The summed E-state index contributed by atoms with van der Waals surface area (Å²) in [6.45, 7) is 5.42. The summed E-state index contributed by atoms with van der Waals surface area (Å²) in [5, 5.41) is 7.27. The predicted octanol–water partition coefficient (Wildman–Crippen LogP) is 2.58. The molecule has 0 aliphatic heterocycles. The van der Waals surface area contributed by atoms with Crippen LogP contribution in [0.1, 0.15) is 27.7 Å². The number of nitrogens with zero attached hydrogens (tertiary/aromatic N) is 1. The molecular weight excluding hydrogens is 350 g/mol. The molecule has 2 N–H and O–H groups in total. The second-order valence-corrected chi connectivity index (χ2v) is 7.11. The number of nitrogens with one attached hydrogen (secondary N) is 2. The molecule has 0 radical (unpaired) electrons. The lowest BCUT2D eigenvalue weighted by molar-refractivity contribution is -0.134. The van der Waals surface area contributed by atoms with Crippen LogP contribution in [0.4, 0.5) is 5.69 Å². The van der Waals surface area contributed by atoms with Crippen LogP contribution in [0.3, 0.4) is 0 Å². The van der Waals surface area contributed by atoms with Gasteiger partial charge in [-0.3, -0.25) is 14.4 Å². The SMILES string of the molecule is Cc1cccc(NC(=O)CN(C)C(=O)C(C)NC(=O)c2cccs2)c1C. The summed E-state index contributed by atoms with van der Waals surface area (Å²) in [7, 11) is 1.54. The molecule has 0 aliphatic carbocycles. The van der Waals surface area contributed by atoms with Gasteiger partial charge in [-0.2, -0.15) is 0 Å². The van der Waals surface area contributed by atoms with E-state index in [1.807, 2.05) is 32.0 Å². The summed E-state index contributed by atoms with van der Waals surface area (Å²) >= 11 is 1.31. The van der Waals surface area contributed by atoms with Crippen molar-refractivity contribution in [1.82, 2.24) is 10.2 Å². The lowest BCUT2D eigenvalue weighted by Gasteiger charge is -2.22. The van der Waals surface area contributed by atoms with Gasteiger partial charge < -0.3 is 15.5 Å². The minimum atomic E-state index is -0.719. The number of amides is 3. The van der Waals surface area contributed by atoms with Gasteiger partial charge in [0.15, 0.2) is 0 Å². The van der Waals surface area contributed by atoms with Crippen molar-refractivity contribution in [3.63, 3.8) is 0 Å². The summed E-state index contributed by atoms with van der Waals surface area (Å²) in [4.78, 5) is 38.5. The molecule has 0 aliphatic rings. The minimum absolute atomic E-state index is 0.0918. The molecule has 1 aromatic heterocycles. The van der Waals surface area contributed by atoms with Crippen LogP contribution in [0.2, 0.25) is 0 Å². The van der Waals surface area contributed by atoms with Gasteiger partial charge in [-0.15, -0.1) is 11.3 Å². The summed E-state index contributed by atoms with van der Waals surface area (Å²) in [6.07, 6.45) is 0. The van der Waals surface area contributed by atoms with Crippen LogP contribution in [0.25, 0.3) is 0 Å². The molecule has 1 atom stereocenters. The van der Waals surface area contributed by atoms with Crippen LogP contribution in [0.5, 0.6) is 0 Å². The van der Waals surface area contributed by atoms with E-state index in [0.717, 1.165) is 16.8 Å². The number of likely N-dealkylation sites (N-methyl/N-ethyl adjacent to an activating group) is 1. The van der Waals surface area contributed by atoms with Crippen LogP contribution in [-0.4, -0.2) is 42.3 Å². The number of rotatable bonds is 6. The first-order valence-corrected chi connectivity index (χ1v) is 9.13. The van der Waals surface area contributed by atoms with Crippen molar-refractivity contribution < 1.29 is 14.4 Å². The molecule has 6 nitrogen and oxygen atoms in total. The molecule has 1 unspecified atom stereocenters. The normalized spacial score (nSPS) is 11.5. The van der Waals surface area contributed by atoms with Crippen LogP contribution in [0.15, 0.2) is 35.7 Å². The first-order chi connectivity index (χ1) is 12.3. The highest BCUT2D eigenvalue weighted by Crippen LogP contribution is 2.17. The lowest BCUT2D eigenvalue weighted by atomic mass is 10.1. The zero-order chi connectivity index (χ0) is 19.3. The highest BCUT2D eigenvalue weighted by Gasteiger charge is 2.22. The van der Waals surface area contributed by atoms with Crippen LogP contribution >= 0.6 is 11.3 Å². The van der Waals surface area contributed by atoms with E-state index in [9.17, 15) is 14.4 Å². The van der Waals surface area contributed by atoms with Crippen molar-refractivity contribution in [1.29, 1.82) is 0 Å². The molecular formula is C19H23N3O3S. The molecule has 0 saturated heterocycles. The Labute approximate surface area is 157 Å². The number of anilines is 1. The molecule has 2 rings (SSSR count). The summed E-state index contributed by atoms with van der Waals surface area (Å²) in [5.41, 5.74) is 2.80. The highest BCUT2D eigenvalue weighted by molar-refractivity contribution is 7.12. The van der Waals surface area contributed by atoms with Crippen molar-refractivity contribution in [2.45, 2.75) is 26.8 Å². The van der Waals surface area contributed by atoms with E-state index in [1.54, 1.807) is 31.5 Å². The largest absolute Gasteiger partial charge is 0.340 e. The molecule has 0 spiro atoms. The lowest BCUT2D eigenvalue weighted by Crippen LogP contribution is -2.47. The van der Waals surface area contributed by atoms with Crippen LogP contribution < -0.4 is 10.6 Å². The Morgan fingerprint density at radius 2 is 1.88 bits per heavy atom. The van der Waals surface area contributed by atoms with Gasteiger partial charge in [0.25, 0.3) is 5.91 Å². The minimum Gasteiger partial charge on any atom is -0.340 e. The van der Waals surface area contributed by atoms with E-state index in [1.165, 1.54) is 16.2 Å². The first-order valence-electron chi connectivity index (χ1n) is 8.25. The molecule has 1 aromatic carbocycles. The van der Waals surface area contributed by atoms with Gasteiger partial charge >= 0.3 is 0 Å². The fourth-order valence-electron chi connectivity index (χ4n) is 2.44. The Morgan fingerprint density at radius 1 is 1.15 bits per heavy atom. The molecule has 26 heavy (non-hydrogen) atoms. The monoisotopic (exact) mass is 373 g/mol.